The lowest BCUT2D eigenvalue weighted by Gasteiger charge is -2.35. The van der Waals surface area contributed by atoms with Crippen LogP contribution in [0.5, 0.6) is 0 Å². The van der Waals surface area contributed by atoms with E-state index in [4.69, 9.17) is 0 Å². The van der Waals surface area contributed by atoms with Gasteiger partial charge in [-0.15, -0.1) is 0 Å². The molecule has 12 heteroatoms. The Morgan fingerprint density at radius 1 is 1.02 bits per heavy atom. The van der Waals surface area contributed by atoms with Gasteiger partial charge in [-0.25, -0.2) is 0 Å². The average Bonchev–Trinajstić information content (AvgIpc) is 3.84. The summed E-state index contributed by atoms with van der Waals surface area (Å²) in [5, 5.41) is 18.4. The van der Waals surface area contributed by atoms with Crippen LogP contribution in [0.25, 0.3) is 0 Å². The van der Waals surface area contributed by atoms with Gasteiger partial charge in [0.15, 0.2) is 0 Å². The van der Waals surface area contributed by atoms with Gasteiger partial charge in [0.1, 0.15) is 18.2 Å². The number of rotatable bonds is 12. The van der Waals surface area contributed by atoms with E-state index in [1.165, 1.54) is 9.80 Å². The second kappa shape index (κ2) is 12.9. The molecule has 12 nitrogen and oxygen atoms in total. The minimum absolute atomic E-state index is 0.0860. The van der Waals surface area contributed by atoms with Crippen LogP contribution < -0.4 is 16.0 Å². The third kappa shape index (κ3) is 7.54. The maximum absolute atomic E-state index is 13.8. The molecule has 3 fully saturated rings. The lowest BCUT2D eigenvalue weighted by Crippen LogP contribution is -2.57. The van der Waals surface area contributed by atoms with E-state index in [0.29, 0.717) is 12.1 Å². The molecule has 1 aliphatic heterocycles. The number of carbonyl (C=O) groups is 6. The zero-order valence-corrected chi connectivity index (χ0v) is 27.3. The van der Waals surface area contributed by atoms with E-state index in [2.05, 4.69) is 16.0 Å². The molecule has 45 heavy (non-hydrogen) atoms. The summed E-state index contributed by atoms with van der Waals surface area (Å²) in [5.74, 6) is -3.87. The van der Waals surface area contributed by atoms with Crippen LogP contribution in [0.3, 0.4) is 0 Å². The quantitative estimate of drug-likeness (QED) is 0.249. The molecule has 4 rings (SSSR count). The maximum atomic E-state index is 13.8. The highest BCUT2D eigenvalue weighted by Gasteiger charge is 2.69. The molecule has 0 bridgehead atoms. The van der Waals surface area contributed by atoms with E-state index in [1.54, 1.807) is 65.2 Å². The third-order valence-electron chi connectivity index (χ3n) is 9.47. The SMILES string of the molecule is CN(C)C(=O)[C@@H](NC(=O)CNC(=O)C(=O)C(CC1CC1)NC(=O)[C@@H]1C2C(CN1C(=O)C(O)C(C)(C)C)C2(C)C)c1ccccc1. The highest BCUT2D eigenvalue weighted by molar-refractivity contribution is 6.38. The third-order valence-corrected chi connectivity index (χ3v) is 9.47. The summed E-state index contributed by atoms with van der Waals surface area (Å²) in [5.41, 5.74) is -0.344. The molecule has 0 spiro atoms. The Kier molecular flexibility index (Phi) is 9.77. The molecular weight excluding hydrogens is 578 g/mol. The van der Waals surface area contributed by atoms with Crippen molar-refractivity contribution in [1.82, 2.24) is 25.8 Å². The lowest BCUT2D eigenvalue weighted by molar-refractivity contribution is -0.152. The fraction of sp³-hybridized carbons (Fsp3) is 0.636. The monoisotopic (exact) mass is 625 g/mol. The van der Waals surface area contributed by atoms with E-state index in [-0.39, 0.29) is 35.5 Å². The topological polar surface area (TPSA) is 165 Å². The number of nitrogens with zero attached hydrogens (tertiary/aromatic N) is 2. The molecule has 1 aromatic carbocycles. The zero-order chi connectivity index (χ0) is 33.4. The second-order valence-electron chi connectivity index (χ2n) is 14.6. The molecule has 0 radical (unpaired) electrons. The molecule has 3 aliphatic rings. The number of amides is 5. The van der Waals surface area contributed by atoms with Gasteiger partial charge >= 0.3 is 0 Å². The Labute approximate surface area is 264 Å². The number of aliphatic hydroxyl groups excluding tert-OH is 1. The van der Waals surface area contributed by atoms with E-state index in [1.807, 2.05) is 13.8 Å². The van der Waals surface area contributed by atoms with Crippen LogP contribution in [0, 0.1) is 28.6 Å². The van der Waals surface area contributed by atoms with Gasteiger partial charge < -0.3 is 30.9 Å². The Morgan fingerprint density at radius 2 is 1.64 bits per heavy atom. The van der Waals surface area contributed by atoms with E-state index >= 15 is 0 Å². The summed E-state index contributed by atoms with van der Waals surface area (Å²) in [7, 11) is 3.13. The fourth-order valence-corrected chi connectivity index (χ4v) is 6.33. The number of ketones is 1. The molecule has 1 saturated heterocycles. The van der Waals surface area contributed by atoms with Crippen LogP contribution >= 0.6 is 0 Å². The van der Waals surface area contributed by atoms with Gasteiger partial charge in [0.25, 0.3) is 11.8 Å². The Morgan fingerprint density at radius 3 is 2.20 bits per heavy atom. The van der Waals surface area contributed by atoms with Crippen LogP contribution in [-0.4, -0.2) is 95.6 Å². The van der Waals surface area contributed by atoms with Crippen LogP contribution in [-0.2, 0) is 28.8 Å². The average molecular weight is 626 g/mol. The second-order valence-corrected chi connectivity index (χ2v) is 14.6. The van der Waals surface area contributed by atoms with Crippen molar-refractivity contribution in [3.63, 3.8) is 0 Å². The standard InChI is InChI=1S/C33H47N5O7/c1-32(2,3)27(41)31(45)38-17-20-23(33(20,4)5)25(38)28(42)35-21(15-18-13-14-18)26(40)29(43)34-16-22(39)36-24(30(44)37(6)7)19-11-9-8-10-12-19/h8-12,18,20-21,23-25,27,41H,13-17H2,1-7H3,(H,34,43)(H,35,42)(H,36,39)/t20?,21?,23?,24-,25-,27?/m0/s1. The van der Waals surface area contributed by atoms with Gasteiger partial charge in [0, 0.05) is 20.6 Å². The summed E-state index contributed by atoms with van der Waals surface area (Å²) in [6.45, 7) is 9.09. The molecule has 246 valence electrons. The number of likely N-dealkylation sites (tertiary alicyclic amines) is 1. The van der Waals surface area contributed by atoms with Gasteiger partial charge in [-0.3, -0.25) is 28.8 Å². The van der Waals surface area contributed by atoms with Crippen LogP contribution in [0.1, 0.15) is 65.5 Å². The van der Waals surface area contributed by atoms with Gasteiger partial charge in [-0.2, -0.15) is 0 Å². The van der Waals surface area contributed by atoms with Gasteiger partial charge in [-0.1, -0.05) is 77.8 Å². The number of carbonyl (C=O) groups excluding carboxylic acids is 6. The largest absolute Gasteiger partial charge is 0.383 e. The lowest BCUT2D eigenvalue weighted by atomic mass is 9.87. The van der Waals surface area contributed by atoms with Crippen molar-refractivity contribution in [2.75, 3.05) is 27.2 Å². The number of hydrogen-bond acceptors (Lipinski definition) is 7. The first kappa shape index (κ1) is 34.1. The minimum Gasteiger partial charge on any atom is -0.383 e. The minimum atomic E-state index is -1.30. The number of fused-ring (bicyclic) bond motifs is 1. The van der Waals surface area contributed by atoms with Crippen LogP contribution in [0.2, 0.25) is 0 Å². The molecule has 0 aromatic heterocycles. The highest BCUT2D eigenvalue weighted by Crippen LogP contribution is 2.65. The van der Waals surface area contributed by atoms with Crippen molar-refractivity contribution >= 4 is 35.3 Å². The molecule has 2 aliphatic carbocycles. The first-order valence-corrected chi connectivity index (χ1v) is 15.6. The summed E-state index contributed by atoms with van der Waals surface area (Å²) in [4.78, 5) is 81.7. The number of hydrogen-bond donors (Lipinski definition) is 4. The number of aliphatic hydroxyl groups is 1. The highest BCUT2D eigenvalue weighted by atomic mass is 16.3. The maximum Gasteiger partial charge on any atom is 0.290 e. The van der Waals surface area contributed by atoms with Crippen molar-refractivity contribution in [2.24, 2.45) is 28.6 Å². The first-order valence-electron chi connectivity index (χ1n) is 15.6. The summed E-state index contributed by atoms with van der Waals surface area (Å²) >= 11 is 0. The Hall–Kier alpha value is -3.80. The van der Waals surface area contributed by atoms with Crippen molar-refractivity contribution in [3.8, 4) is 0 Å². The number of likely N-dealkylation sites (N-methyl/N-ethyl adjacent to an activating group) is 1. The zero-order valence-electron chi connectivity index (χ0n) is 27.3. The van der Waals surface area contributed by atoms with Crippen molar-refractivity contribution < 1.29 is 33.9 Å². The summed E-state index contributed by atoms with van der Waals surface area (Å²) in [6, 6.07) is 5.68. The predicted octanol–water partition coefficient (Wildman–Crippen LogP) is 0.792. The molecule has 4 N–H and O–H groups in total. The fourth-order valence-electron chi connectivity index (χ4n) is 6.33. The van der Waals surface area contributed by atoms with E-state index in [9.17, 15) is 33.9 Å². The molecule has 1 heterocycles. The smallest absolute Gasteiger partial charge is 0.290 e. The molecule has 5 amide bonds. The van der Waals surface area contributed by atoms with E-state index in [0.717, 1.165) is 12.8 Å². The van der Waals surface area contributed by atoms with Gasteiger partial charge in [-0.05, 0) is 40.6 Å². The van der Waals surface area contributed by atoms with Gasteiger partial charge in [0.2, 0.25) is 23.5 Å². The van der Waals surface area contributed by atoms with Crippen molar-refractivity contribution in [2.45, 2.75) is 78.1 Å². The van der Waals surface area contributed by atoms with Crippen molar-refractivity contribution in [1.29, 1.82) is 0 Å². The first-order chi connectivity index (χ1) is 20.9. The number of benzene rings is 1. The number of piperidine rings is 1. The Bertz CT molecular complexity index is 1330. The molecule has 6 atom stereocenters. The molecular formula is C33H47N5O7. The van der Waals surface area contributed by atoms with E-state index < -0.39 is 65.6 Å². The normalized spacial score (nSPS) is 23.6. The number of nitrogens with one attached hydrogen (secondary N) is 3. The van der Waals surface area contributed by atoms with Crippen molar-refractivity contribution in [3.05, 3.63) is 35.9 Å². The molecule has 2 saturated carbocycles. The van der Waals surface area contributed by atoms with Crippen LogP contribution in [0.4, 0.5) is 0 Å². The van der Waals surface area contributed by atoms with Gasteiger partial charge in [0.05, 0.1) is 12.6 Å². The van der Waals surface area contributed by atoms with Crippen LogP contribution in [0.15, 0.2) is 30.3 Å². The molecule has 1 aromatic rings. The summed E-state index contributed by atoms with van der Waals surface area (Å²) in [6.07, 6.45) is 0.700. The predicted molar refractivity (Wildman–Crippen MR) is 165 cm³/mol. The summed E-state index contributed by atoms with van der Waals surface area (Å²) < 4.78 is 0. The molecule has 4 unspecified atom stereocenters. The Balaban J connectivity index is 1.42. The number of Topliss-reactive ketones (excluding diaryl/α,β-unsaturated/α-hetero) is 1.